The molecule has 0 bridgehead atoms. The number of nitrogens with two attached hydrogens (primary N) is 1. The smallest absolute Gasteiger partial charge is 0.101 e. The lowest BCUT2D eigenvalue weighted by molar-refractivity contribution is 1.12. The quantitative estimate of drug-likeness (QED) is 0.854. The number of anilines is 1. The van der Waals surface area contributed by atoms with Gasteiger partial charge in [-0.15, -0.1) is 0 Å². The van der Waals surface area contributed by atoms with Crippen molar-refractivity contribution in [2.45, 2.75) is 16.8 Å². The molecule has 0 saturated carbocycles. The van der Waals surface area contributed by atoms with E-state index in [1.165, 1.54) is 0 Å². The van der Waals surface area contributed by atoms with E-state index in [0.29, 0.717) is 0 Å². The van der Waals surface area contributed by atoms with E-state index < -0.39 is 0 Å². The van der Waals surface area contributed by atoms with Crippen LogP contribution in [0.2, 0.25) is 0 Å². The molecule has 82 valence electrons. The Kier molecular flexibility index (Phi) is 3.51. The van der Waals surface area contributed by atoms with E-state index >= 15 is 0 Å². The van der Waals surface area contributed by atoms with Crippen molar-refractivity contribution < 1.29 is 0 Å². The number of rotatable bonds is 2. The number of aryl methyl sites for hydroxylation is 1. The number of hydrogen-bond acceptors (Lipinski definition) is 3. The summed E-state index contributed by atoms with van der Waals surface area (Å²) in [6, 6.07) is 10.0. The minimum absolute atomic E-state index is 0.821. The van der Waals surface area contributed by atoms with Crippen LogP contribution < -0.4 is 5.73 Å². The molecule has 2 aromatic rings. The maximum atomic E-state index is 5.86. The fourth-order valence-electron chi connectivity index (χ4n) is 1.23. The average Bonchev–Trinajstić information content (AvgIpc) is 2.27. The molecule has 2 rings (SSSR count). The van der Waals surface area contributed by atoms with Crippen molar-refractivity contribution >= 4 is 33.4 Å². The van der Waals surface area contributed by atoms with E-state index in [0.717, 1.165) is 25.6 Å². The maximum absolute atomic E-state index is 5.86. The lowest BCUT2D eigenvalue weighted by Crippen LogP contribution is -1.89. The zero-order chi connectivity index (χ0) is 11.5. The number of hydrogen-bond donors (Lipinski definition) is 1. The molecule has 4 heteroatoms. The Hall–Kier alpha value is -1.00. The molecule has 0 spiro atoms. The molecule has 0 atom stereocenters. The molecule has 2 nitrogen and oxygen atoms in total. The second kappa shape index (κ2) is 4.89. The van der Waals surface area contributed by atoms with Gasteiger partial charge in [-0.25, -0.2) is 4.98 Å². The third-order valence-corrected chi connectivity index (χ3v) is 3.58. The molecular formula is C12H11BrN2S. The topological polar surface area (TPSA) is 38.9 Å². The van der Waals surface area contributed by atoms with Crippen LogP contribution in [0.15, 0.2) is 50.9 Å². The van der Waals surface area contributed by atoms with Crippen LogP contribution in [-0.2, 0) is 0 Å². The Morgan fingerprint density at radius 3 is 2.69 bits per heavy atom. The highest BCUT2D eigenvalue weighted by Gasteiger charge is 2.00. The summed E-state index contributed by atoms with van der Waals surface area (Å²) in [4.78, 5) is 5.41. The summed E-state index contributed by atoms with van der Waals surface area (Å²) in [5.74, 6) is 0. The third-order valence-electron chi connectivity index (χ3n) is 2.17. The standard InChI is InChI=1S/C12H11BrN2S/c1-8-2-4-10(6-11(8)14)16-12-5-3-9(13)7-15-12/h2-7H,14H2,1H3. The first-order valence-corrected chi connectivity index (χ1v) is 6.41. The van der Waals surface area contributed by atoms with Gasteiger partial charge in [0.1, 0.15) is 5.03 Å². The highest BCUT2D eigenvalue weighted by Crippen LogP contribution is 2.28. The van der Waals surface area contributed by atoms with Gasteiger partial charge in [-0.2, -0.15) is 0 Å². The van der Waals surface area contributed by atoms with Crippen LogP contribution >= 0.6 is 27.7 Å². The Morgan fingerprint density at radius 1 is 1.25 bits per heavy atom. The molecule has 0 radical (unpaired) electrons. The molecule has 0 aliphatic carbocycles. The van der Waals surface area contributed by atoms with Crippen molar-refractivity contribution in [3.63, 3.8) is 0 Å². The minimum atomic E-state index is 0.821. The van der Waals surface area contributed by atoms with Crippen molar-refractivity contribution in [2.24, 2.45) is 0 Å². The monoisotopic (exact) mass is 294 g/mol. The van der Waals surface area contributed by atoms with Gasteiger partial charge in [0, 0.05) is 21.3 Å². The number of halogens is 1. The third kappa shape index (κ3) is 2.77. The van der Waals surface area contributed by atoms with Crippen LogP contribution in [0.25, 0.3) is 0 Å². The minimum Gasteiger partial charge on any atom is -0.398 e. The molecule has 0 aliphatic rings. The normalized spacial score (nSPS) is 10.4. The number of nitrogen functional groups attached to an aromatic ring is 1. The summed E-state index contributed by atoms with van der Waals surface area (Å²) < 4.78 is 0.986. The van der Waals surface area contributed by atoms with Crippen molar-refractivity contribution in [3.8, 4) is 0 Å². The van der Waals surface area contributed by atoms with E-state index in [2.05, 4.69) is 27.0 Å². The molecular weight excluding hydrogens is 284 g/mol. The first-order valence-electron chi connectivity index (χ1n) is 4.81. The maximum Gasteiger partial charge on any atom is 0.101 e. The molecule has 1 aromatic heterocycles. The fraction of sp³-hybridized carbons (Fsp3) is 0.0833. The van der Waals surface area contributed by atoms with Gasteiger partial charge in [-0.3, -0.25) is 0 Å². The lowest BCUT2D eigenvalue weighted by Gasteiger charge is -2.04. The summed E-state index contributed by atoms with van der Waals surface area (Å²) in [6.07, 6.45) is 1.79. The van der Waals surface area contributed by atoms with E-state index in [-0.39, 0.29) is 0 Å². The molecule has 1 heterocycles. The number of benzene rings is 1. The van der Waals surface area contributed by atoms with Crippen molar-refractivity contribution in [1.29, 1.82) is 0 Å². The van der Waals surface area contributed by atoms with Crippen LogP contribution in [0, 0.1) is 6.92 Å². The molecule has 1 aromatic carbocycles. The summed E-state index contributed by atoms with van der Waals surface area (Å²) in [7, 11) is 0. The molecule has 0 saturated heterocycles. The zero-order valence-corrected chi connectivity index (χ0v) is 11.2. The van der Waals surface area contributed by atoms with Crippen molar-refractivity contribution in [1.82, 2.24) is 4.98 Å². The molecule has 0 fully saturated rings. The molecule has 16 heavy (non-hydrogen) atoms. The van der Waals surface area contributed by atoms with Gasteiger partial charge < -0.3 is 5.73 Å². The largest absolute Gasteiger partial charge is 0.398 e. The summed E-state index contributed by atoms with van der Waals surface area (Å²) >= 11 is 4.97. The van der Waals surface area contributed by atoms with Gasteiger partial charge in [-0.1, -0.05) is 17.8 Å². The number of aromatic nitrogens is 1. The Morgan fingerprint density at radius 2 is 2.06 bits per heavy atom. The predicted octanol–water partition coefficient (Wildman–Crippen LogP) is 3.89. The van der Waals surface area contributed by atoms with Gasteiger partial charge in [0.2, 0.25) is 0 Å². The summed E-state index contributed by atoms with van der Waals surface area (Å²) in [5, 5.41) is 0.964. The van der Waals surface area contributed by atoms with Crippen LogP contribution in [0.4, 0.5) is 5.69 Å². The molecule has 0 unspecified atom stereocenters. The Balaban J connectivity index is 2.20. The number of nitrogens with zero attached hydrogens (tertiary/aromatic N) is 1. The molecule has 0 aliphatic heterocycles. The first kappa shape index (κ1) is 11.5. The summed E-state index contributed by atoms with van der Waals surface area (Å²) in [6.45, 7) is 2.00. The first-order chi connectivity index (χ1) is 7.65. The van der Waals surface area contributed by atoms with E-state index in [1.54, 1.807) is 18.0 Å². The van der Waals surface area contributed by atoms with Crippen LogP contribution in [0.1, 0.15) is 5.56 Å². The van der Waals surface area contributed by atoms with E-state index in [9.17, 15) is 0 Å². The van der Waals surface area contributed by atoms with Gasteiger partial charge in [0.15, 0.2) is 0 Å². The Labute approximate surface area is 107 Å². The second-order valence-electron chi connectivity index (χ2n) is 3.44. The highest BCUT2D eigenvalue weighted by molar-refractivity contribution is 9.10. The average molecular weight is 295 g/mol. The number of pyridine rings is 1. The van der Waals surface area contributed by atoms with Crippen LogP contribution in [-0.4, -0.2) is 4.98 Å². The lowest BCUT2D eigenvalue weighted by atomic mass is 10.2. The van der Waals surface area contributed by atoms with Crippen LogP contribution in [0.3, 0.4) is 0 Å². The van der Waals surface area contributed by atoms with Gasteiger partial charge in [0.25, 0.3) is 0 Å². The van der Waals surface area contributed by atoms with Crippen molar-refractivity contribution in [3.05, 3.63) is 46.6 Å². The van der Waals surface area contributed by atoms with E-state index in [1.807, 2.05) is 31.2 Å². The molecule has 2 N–H and O–H groups in total. The summed E-state index contributed by atoms with van der Waals surface area (Å²) in [5.41, 5.74) is 7.78. The fourth-order valence-corrected chi connectivity index (χ4v) is 2.26. The SMILES string of the molecule is Cc1ccc(Sc2ccc(Br)cn2)cc1N. The van der Waals surface area contributed by atoms with Gasteiger partial charge >= 0.3 is 0 Å². The molecule has 0 amide bonds. The van der Waals surface area contributed by atoms with Gasteiger partial charge in [0.05, 0.1) is 0 Å². The van der Waals surface area contributed by atoms with Crippen LogP contribution in [0.5, 0.6) is 0 Å². The van der Waals surface area contributed by atoms with Gasteiger partial charge in [-0.05, 0) is 52.7 Å². The highest BCUT2D eigenvalue weighted by atomic mass is 79.9. The Bertz CT molecular complexity index is 497. The zero-order valence-electron chi connectivity index (χ0n) is 8.77. The van der Waals surface area contributed by atoms with Crippen molar-refractivity contribution in [2.75, 3.05) is 5.73 Å². The predicted molar refractivity (Wildman–Crippen MR) is 71.7 cm³/mol. The van der Waals surface area contributed by atoms with E-state index in [4.69, 9.17) is 5.73 Å². The second-order valence-corrected chi connectivity index (χ2v) is 5.44.